The van der Waals surface area contributed by atoms with Crippen LogP contribution < -0.4 is 5.32 Å². The maximum absolute atomic E-state index is 4.20. The van der Waals surface area contributed by atoms with Crippen LogP contribution in [-0.2, 0) is 0 Å². The van der Waals surface area contributed by atoms with Gasteiger partial charge in [0.2, 0.25) is 0 Å². The quantitative estimate of drug-likeness (QED) is 0.771. The van der Waals surface area contributed by atoms with Crippen molar-refractivity contribution in [1.82, 2.24) is 30.3 Å². The van der Waals surface area contributed by atoms with E-state index >= 15 is 0 Å². The van der Waals surface area contributed by atoms with Crippen LogP contribution in [0.1, 0.15) is 24.2 Å². The third kappa shape index (κ3) is 2.80. The van der Waals surface area contributed by atoms with Crippen LogP contribution in [0.4, 0.5) is 0 Å². The first-order valence-electron chi connectivity index (χ1n) is 6.84. The average Bonchev–Trinajstić information content (AvgIpc) is 3.03. The Hall–Kier alpha value is -2.60. The normalized spacial score (nSPS) is 12.2. The van der Waals surface area contributed by atoms with E-state index in [1.165, 1.54) is 6.33 Å². The minimum absolute atomic E-state index is 0.0496. The van der Waals surface area contributed by atoms with Crippen LogP contribution in [-0.4, -0.2) is 31.5 Å². The molecule has 1 aromatic carbocycles. The molecule has 3 aromatic rings. The molecule has 1 atom stereocenters. The van der Waals surface area contributed by atoms with Crippen LogP contribution in [0.3, 0.4) is 0 Å². The largest absolute Gasteiger partial charge is 0.305 e. The van der Waals surface area contributed by atoms with E-state index < -0.39 is 0 Å². The second kappa shape index (κ2) is 6.23. The molecule has 2 aromatic heterocycles. The number of nitrogens with one attached hydrogen (secondary N) is 1. The van der Waals surface area contributed by atoms with Gasteiger partial charge in [-0.25, -0.2) is 14.6 Å². The monoisotopic (exact) mass is 280 g/mol. The summed E-state index contributed by atoms with van der Waals surface area (Å²) < 4.78 is 1.83. The SMILES string of the molecule is CCNC(c1cncnc1)c1cnnn1-c1ccccc1. The van der Waals surface area contributed by atoms with Gasteiger partial charge in [-0.2, -0.15) is 0 Å². The van der Waals surface area contributed by atoms with E-state index in [4.69, 9.17) is 0 Å². The van der Waals surface area contributed by atoms with Crippen molar-refractivity contribution in [2.75, 3.05) is 6.54 Å². The molecule has 0 spiro atoms. The van der Waals surface area contributed by atoms with Crippen LogP contribution in [0.15, 0.2) is 55.2 Å². The Bertz CT molecular complexity index is 680. The number of hydrogen-bond acceptors (Lipinski definition) is 5. The summed E-state index contributed by atoms with van der Waals surface area (Å²) in [6.45, 7) is 2.88. The summed E-state index contributed by atoms with van der Waals surface area (Å²) in [5, 5.41) is 11.7. The standard InChI is InChI=1S/C15H16N6/c1-2-18-15(12-8-16-11-17-9-12)14-10-19-20-21(14)13-6-4-3-5-7-13/h3-11,15,18H,2H2,1H3. The molecule has 0 aliphatic heterocycles. The highest BCUT2D eigenvalue weighted by Gasteiger charge is 2.19. The highest BCUT2D eigenvalue weighted by atomic mass is 15.4. The number of hydrogen-bond donors (Lipinski definition) is 1. The van der Waals surface area contributed by atoms with Gasteiger partial charge in [0.15, 0.2) is 0 Å². The van der Waals surface area contributed by atoms with Crippen LogP contribution >= 0.6 is 0 Å². The molecule has 6 heteroatoms. The summed E-state index contributed by atoms with van der Waals surface area (Å²) in [5.74, 6) is 0. The molecule has 21 heavy (non-hydrogen) atoms. The van der Waals surface area contributed by atoms with Gasteiger partial charge in [-0.1, -0.05) is 30.3 Å². The van der Waals surface area contributed by atoms with Crippen molar-refractivity contribution in [3.63, 3.8) is 0 Å². The topological polar surface area (TPSA) is 68.5 Å². The van der Waals surface area contributed by atoms with E-state index in [1.54, 1.807) is 6.20 Å². The molecule has 3 rings (SSSR count). The van der Waals surface area contributed by atoms with E-state index in [9.17, 15) is 0 Å². The second-order valence-electron chi connectivity index (χ2n) is 4.57. The zero-order valence-corrected chi connectivity index (χ0v) is 11.7. The van der Waals surface area contributed by atoms with Crippen LogP contribution in [0.5, 0.6) is 0 Å². The molecular formula is C15H16N6. The molecule has 0 aliphatic rings. The summed E-state index contributed by atoms with van der Waals surface area (Å²) in [4.78, 5) is 8.20. The zero-order chi connectivity index (χ0) is 14.5. The van der Waals surface area contributed by atoms with Gasteiger partial charge < -0.3 is 5.32 Å². The Balaban J connectivity index is 2.04. The van der Waals surface area contributed by atoms with Gasteiger partial charge in [0.1, 0.15) is 6.33 Å². The molecule has 0 fully saturated rings. The van der Waals surface area contributed by atoms with Gasteiger partial charge in [0.25, 0.3) is 0 Å². The van der Waals surface area contributed by atoms with E-state index in [0.29, 0.717) is 0 Å². The summed E-state index contributed by atoms with van der Waals surface area (Å²) >= 11 is 0. The number of benzene rings is 1. The van der Waals surface area contributed by atoms with Gasteiger partial charge in [-0.3, -0.25) is 0 Å². The summed E-state index contributed by atoms with van der Waals surface area (Å²) in [5.41, 5.74) is 2.92. The number of nitrogens with zero attached hydrogens (tertiary/aromatic N) is 5. The predicted octanol–water partition coefficient (Wildman–Crippen LogP) is 1.76. The third-order valence-corrected chi connectivity index (χ3v) is 3.19. The Labute approximate surface area is 122 Å². The summed E-state index contributed by atoms with van der Waals surface area (Å²) in [7, 11) is 0. The maximum Gasteiger partial charge on any atom is 0.115 e. The minimum Gasteiger partial charge on any atom is -0.305 e. The Morgan fingerprint density at radius 1 is 1.10 bits per heavy atom. The Morgan fingerprint density at radius 2 is 1.86 bits per heavy atom. The third-order valence-electron chi connectivity index (χ3n) is 3.19. The maximum atomic E-state index is 4.20. The van der Waals surface area contributed by atoms with Crippen molar-refractivity contribution in [2.45, 2.75) is 13.0 Å². The van der Waals surface area contributed by atoms with Crippen molar-refractivity contribution < 1.29 is 0 Å². The second-order valence-corrected chi connectivity index (χ2v) is 4.57. The highest BCUT2D eigenvalue weighted by molar-refractivity contribution is 5.34. The van der Waals surface area contributed by atoms with E-state index in [1.807, 2.05) is 47.4 Å². The number of rotatable bonds is 5. The smallest absolute Gasteiger partial charge is 0.115 e. The first-order valence-corrected chi connectivity index (χ1v) is 6.84. The van der Waals surface area contributed by atoms with Gasteiger partial charge in [-0.15, -0.1) is 5.10 Å². The molecular weight excluding hydrogens is 264 g/mol. The lowest BCUT2D eigenvalue weighted by atomic mass is 10.1. The highest BCUT2D eigenvalue weighted by Crippen LogP contribution is 2.22. The van der Waals surface area contributed by atoms with Gasteiger partial charge >= 0.3 is 0 Å². The molecule has 0 bridgehead atoms. The molecule has 1 N–H and O–H groups in total. The molecule has 0 saturated heterocycles. The molecule has 0 saturated carbocycles. The van der Waals surface area contributed by atoms with Crippen molar-refractivity contribution in [1.29, 1.82) is 0 Å². The van der Waals surface area contributed by atoms with Gasteiger partial charge in [0.05, 0.1) is 23.6 Å². The average molecular weight is 280 g/mol. The fourth-order valence-corrected chi connectivity index (χ4v) is 2.27. The van der Waals surface area contributed by atoms with Crippen LogP contribution in [0.2, 0.25) is 0 Å². The van der Waals surface area contributed by atoms with Crippen molar-refractivity contribution in [2.24, 2.45) is 0 Å². The van der Waals surface area contributed by atoms with Crippen molar-refractivity contribution in [3.05, 3.63) is 66.5 Å². The molecule has 0 radical (unpaired) electrons. The summed E-state index contributed by atoms with van der Waals surface area (Å²) in [6.07, 6.45) is 6.91. The zero-order valence-electron chi connectivity index (χ0n) is 11.7. The molecule has 0 aliphatic carbocycles. The number of aromatic nitrogens is 5. The lowest BCUT2D eigenvalue weighted by molar-refractivity contribution is 0.588. The summed E-state index contributed by atoms with van der Waals surface area (Å²) in [6, 6.07) is 9.90. The Kier molecular flexibility index (Phi) is 3.97. The van der Waals surface area contributed by atoms with Crippen molar-refractivity contribution in [3.8, 4) is 5.69 Å². The fourth-order valence-electron chi connectivity index (χ4n) is 2.27. The van der Waals surface area contributed by atoms with E-state index in [2.05, 4.69) is 32.5 Å². The fraction of sp³-hybridized carbons (Fsp3) is 0.200. The minimum atomic E-state index is -0.0496. The molecule has 2 heterocycles. The first-order chi connectivity index (χ1) is 10.4. The van der Waals surface area contributed by atoms with Gasteiger partial charge in [-0.05, 0) is 18.7 Å². The molecule has 1 unspecified atom stereocenters. The molecule has 0 amide bonds. The van der Waals surface area contributed by atoms with E-state index in [0.717, 1.165) is 23.5 Å². The van der Waals surface area contributed by atoms with Crippen LogP contribution in [0, 0.1) is 0 Å². The van der Waals surface area contributed by atoms with E-state index in [-0.39, 0.29) is 6.04 Å². The van der Waals surface area contributed by atoms with Crippen molar-refractivity contribution >= 4 is 0 Å². The Morgan fingerprint density at radius 3 is 2.57 bits per heavy atom. The lowest BCUT2D eigenvalue weighted by Crippen LogP contribution is -2.24. The molecule has 106 valence electrons. The molecule has 6 nitrogen and oxygen atoms in total. The van der Waals surface area contributed by atoms with Gasteiger partial charge in [0, 0.05) is 18.0 Å². The van der Waals surface area contributed by atoms with Crippen LogP contribution in [0.25, 0.3) is 5.69 Å². The predicted molar refractivity (Wildman–Crippen MR) is 78.9 cm³/mol. The lowest BCUT2D eigenvalue weighted by Gasteiger charge is -2.18. The first kappa shape index (κ1) is 13.4. The number of para-hydroxylation sites is 1.